The van der Waals surface area contributed by atoms with E-state index in [2.05, 4.69) is 5.32 Å². The fraction of sp³-hybridized carbons (Fsp3) is 0.647. The Kier molecular flexibility index (Phi) is 7.79. The molecule has 23 heavy (non-hydrogen) atoms. The first-order valence-electron chi connectivity index (χ1n) is 8.02. The van der Waals surface area contributed by atoms with Crippen LogP contribution in [0.1, 0.15) is 40.0 Å². The zero-order valence-electron chi connectivity index (χ0n) is 14.0. The standard InChI is InChI=1S/C17H26N2O4/c1-5-12(6-2)23-14-10-11(17(21)22-8-4)9-13(18)16(14)19-15(20)7-3/h3,10,12-14,16H,5-6,8-9,18H2,1-2,4H3,(H,19,20)/t13-,14+,16+/m0/s1. The Morgan fingerprint density at radius 1 is 1.43 bits per heavy atom. The highest BCUT2D eigenvalue weighted by atomic mass is 16.5. The van der Waals surface area contributed by atoms with E-state index in [0.717, 1.165) is 12.8 Å². The highest BCUT2D eigenvalue weighted by Crippen LogP contribution is 2.24. The third-order valence-corrected chi connectivity index (χ3v) is 3.86. The van der Waals surface area contributed by atoms with E-state index in [1.165, 1.54) is 0 Å². The second kappa shape index (κ2) is 9.33. The van der Waals surface area contributed by atoms with E-state index < -0.39 is 30.1 Å². The van der Waals surface area contributed by atoms with Crippen LogP contribution >= 0.6 is 0 Å². The van der Waals surface area contributed by atoms with Crippen molar-refractivity contribution in [1.82, 2.24) is 5.32 Å². The number of terminal acetylenes is 1. The molecule has 0 fully saturated rings. The summed E-state index contributed by atoms with van der Waals surface area (Å²) in [4.78, 5) is 23.5. The molecule has 1 rings (SSSR count). The van der Waals surface area contributed by atoms with Gasteiger partial charge in [0.05, 0.1) is 24.9 Å². The molecular formula is C17H26N2O4. The summed E-state index contributed by atoms with van der Waals surface area (Å²) in [6.45, 7) is 6.07. The van der Waals surface area contributed by atoms with Gasteiger partial charge in [0.15, 0.2) is 0 Å². The zero-order valence-corrected chi connectivity index (χ0v) is 14.0. The molecule has 0 radical (unpaired) electrons. The monoisotopic (exact) mass is 322 g/mol. The summed E-state index contributed by atoms with van der Waals surface area (Å²) in [6.07, 6.45) is 8.25. The van der Waals surface area contributed by atoms with Crippen LogP contribution in [0.3, 0.4) is 0 Å². The fourth-order valence-corrected chi connectivity index (χ4v) is 2.58. The molecule has 0 bridgehead atoms. The maximum absolute atomic E-state index is 12.0. The highest BCUT2D eigenvalue weighted by Gasteiger charge is 2.36. The molecule has 0 aromatic heterocycles. The molecular weight excluding hydrogens is 296 g/mol. The SMILES string of the molecule is C#CC(=O)N[C@@H]1[C@@H](N)CC(C(=O)OCC)=C[C@H]1OC(CC)CC. The van der Waals surface area contributed by atoms with Crippen LogP contribution in [0.25, 0.3) is 0 Å². The van der Waals surface area contributed by atoms with Gasteiger partial charge in [-0.15, -0.1) is 6.42 Å². The van der Waals surface area contributed by atoms with Crippen LogP contribution < -0.4 is 11.1 Å². The van der Waals surface area contributed by atoms with E-state index in [1.807, 2.05) is 19.8 Å². The lowest BCUT2D eigenvalue weighted by Crippen LogP contribution is -2.57. The van der Waals surface area contributed by atoms with Crippen LogP contribution in [0.15, 0.2) is 11.6 Å². The first-order valence-corrected chi connectivity index (χ1v) is 8.02. The first kappa shape index (κ1) is 19.2. The van der Waals surface area contributed by atoms with Gasteiger partial charge < -0.3 is 20.5 Å². The fourth-order valence-electron chi connectivity index (χ4n) is 2.58. The van der Waals surface area contributed by atoms with Crippen LogP contribution in [-0.4, -0.2) is 42.8 Å². The van der Waals surface area contributed by atoms with E-state index >= 15 is 0 Å². The molecule has 0 heterocycles. The van der Waals surface area contributed by atoms with Gasteiger partial charge in [-0.1, -0.05) is 13.8 Å². The minimum absolute atomic E-state index is 0.00948. The third-order valence-electron chi connectivity index (χ3n) is 3.86. The number of rotatable bonds is 7. The van der Waals surface area contributed by atoms with Crippen molar-refractivity contribution in [3.05, 3.63) is 11.6 Å². The van der Waals surface area contributed by atoms with E-state index in [-0.39, 0.29) is 6.10 Å². The Hall–Kier alpha value is -1.84. The van der Waals surface area contributed by atoms with Crippen molar-refractivity contribution in [3.63, 3.8) is 0 Å². The number of carbonyl (C=O) groups is 2. The van der Waals surface area contributed by atoms with Gasteiger partial charge in [0.25, 0.3) is 5.91 Å². The molecule has 3 N–H and O–H groups in total. The average Bonchev–Trinajstić information content (AvgIpc) is 2.54. The van der Waals surface area contributed by atoms with Gasteiger partial charge in [-0.25, -0.2) is 4.79 Å². The molecule has 6 heteroatoms. The summed E-state index contributed by atoms with van der Waals surface area (Å²) in [6, 6.07) is -0.951. The van der Waals surface area contributed by atoms with Crippen LogP contribution in [0.4, 0.5) is 0 Å². The number of hydrogen-bond donors (Lipinski definition) is 2. The maximum atomic E-state index is 12.0. The summed E-state index contributed by atoms with van der Waals surface area (Å²) in [5, 5.41) is 2.69. The van der Waals surface area contributed by atoms with Crippen LogP contribution in [0.2, 0.25) is 0 Å². The smallest absolute Gasteiger partial charge is 0.333 e. The predicted octanol–water partition coefficient (Wildman–Crippen LogP) is 0.899. The van der Waals surface area contributed by atoms with E-state index in [9.17, 15) is 9.59 Å². The van der Waals surface area contributed by atoms with Gasteiger partial charge in [0.1, 0.15) is 0 Å². The Morgan fingerprint density at radius 3 is 2.61 bits per heavy atom. The molecule has 0 unspecified atom stereocenters. The molecule has 128 valence electrons. The van der Waals surface area contributed by atoms with Gasteiger partial charge >= 0.3 is 5.97 Å². The van der Waals surface area contributed by atoms with Gasteiger partial charge in [0.2, 0.25) is 0 Å². The largest absolute Gasteiger partial charge is 0.463 e. The van der Waals surface area contributed by atoms with E-state index in [4.69, 9.17) is 21.6 Å². The lowest BCUT2D eigenvalue weighted by Gasteiger charge is -2.36. The van der Waals surface area contributed by atoms with Crippen molar-refractivity contribution in [3.8, 4) is 12.3 Å². The third kappa shape index (κ3) is 5.38. The molecule has 0 spiro atoms. The number of amides is 1. The van der Waals surface area contributed by atoms with E-state index in [0.29, 0.717) is 18.6 Å². The van der Waals surface area contributed by atoms with Crippen LogP contribution in [0.5, 0.6) is 0 Å². The molecule has 0 aliphatic heterocycles. The second-order valence-electron chi connectivity index (χ2n) is 5.46. The zero-order chi connectivity index (χ0) is 17.4. The molecule has 1 aliphatic rings. The number of carbonyl (C=O) groups excluding carboxylic acids is 2. The molecule has 0 aromatic carbocycles. The van der Waals surface area contributed by atoms with E-state index in [1.54, 1.807) is 13.0 Å². The van der Waals surface area contributed by atoms with Crippen molar-refractivity contribution < 1.29 is 19.1 Å². The number of esters is 1. The minimum Gasteiger partial charge on any atom is -0.463 e. The minimum atomic E-state index is -0.545. The summed E-state index contributed by atoms with van der Waals surface area (Å²) in [5.41, 5.74) is 6.62. The summed E-state index contributed by atoms with van der Waals surface area (Å²) < 4.78 is 11.1. The van der Waals surface area contributed by atoms with Crippen molar-refractivity contribution in [2.75, 3.05) is 6.61 Å². The summed E-state index contributed by atoms with van der Waals surface area (Å²) >= 11 is 0. The van der Waals surface area contributed by atoms with Gasteiger partial charge in [0, 0.05) is 11.6 Å². The number of nitrogens with one attached hydrogen (secondary N) is 1. The van der Waals surface area contributed by atoms with Gasteiger partial charge in [-0.2, -0.15) is 0 Å². The Bertz CT molecular complexity index is 491. The van der Waals surface area contributed by atoms with Crippen molar-refractivity contribution in [2.45, 2.75) is 64.3 Å². The Morgan fingerprint density at radius 2 is 2.09 bits per heavy atom. The quantitative estimate of drug-likeness (QED) is 0.537. The van der Waals surface area contributed by atoms with Crippen molar-refractivity contribution in [1.29, 1.82) is 0 Å². The molecule has 6 nitrogen and oxygen atoms in total. The van der Waals surface area contributed by atoms with Crippen LogP contribution in [0, 0.1) is 12.3 Å². The number of ether oxygens (including phenoxy) is 2. The molecule has 0 aromatic rings. The number of nitrogens with two attached hydrogens (primary N) is 1. The molecule has 0 saturated heterocycles. The molecule has 3 atom stereocenters. The highest BCUT2D eigenvalue weighted by molar-refractivity contribution is 5.93. The second-order valence-corrected chi connectivity index (χ2v) is 5.46. The lowest BCUT2D eigenvalue weighted by atomic mass is 9.88. The first-order chi connectivity index (χ1) is 11.0. The topological polar surface area (TPSA) is 90.7 Å². The predicted molar refractivity (Wildman–Crippen MR) is 87.3 cm³/mol. The molecule has 1 amide bonds. The van der Waals surface area contributed by atoms with Crippen LogP contribution in [-0.2, 0) is 19.1 Å². The number of hydrogen-bond acceptors (Lipinski definition) is 5. The maximum Gasteiger partial charge on any atom is 0.333 e. The van der Waals surface area contributed by atoms with Gasteiger partial charge in [-0.05, 0) is 38.2 Å². The lowest BCUT2D eigenvalue weighted by molar-refractivity contribution is -0.139. The molecule has 1 aliphatic carbocycles. The molecule has 0 saturated carbocycles. The normalized spacial score (nSPS) is 23.8. The van der Waals surface area contributed by atoms with Crippen molar-refractivity contribution >= 4 is 11.9 Å². The summed E-state index contributed by atoms with van der Waals surface area (Å²) in [5.74, 6) is 1.07. The Balaban J connectivity index is 3.02. The Labute approximate surface area is 137 Å². The average molecular weight is 322 g/mol. The van der Waals surface area contributed by atoms with Gasteiger partial charge in [-0.3, -0.25) is 4.79 Å². The summed E-state index contributed by atoms with van der Waals surface area (Å²) in [7, 11) is 0. The van der Waals surface area contributed by atoms with Crippen molar-refractivity contribution in [2.24, 2.45) is 5.73 Å².